The molecule has 1 fully saturated rings. The number of thiophene rings is 1. The molecule has 140 valence electrons. The van der Waals surface area contributed by atoms with Gasteiger partial charge in [0.2, 0.25) is 0 Å². The third kappa shape index (κ3) is 4.11. The van der Waals surface area contributed by atoms with Gasteiger partial charge in [-0.25, -0.2) is 14.3 Å². The van der Waals surface area contributed by atoms with Crippen molar-refractivity contribution in [3.63, 3.8) is 0 Å². The van der Waals surface area contributed by atoms with Crippen molar-refractivity contribution in [3.05, 3.63) is 63.2 Å². The normalized spacial score (nSPS) is 13.5. The van der Waals surface area contributed by atoms with Crippen LogP contribution in [-0.4, -0.2) is 26.9 Å². The highest BCUT2D eigenvalue weighted by molar-refractivity contribution is 7.09. The van der Waals surface area contributed by atoms with Crippen LogP contribution in [-0.2, 0) is 13.1 Å². The number of urea groups is 1. The summed E-state index contributed by atoms with van der Waals surface area (Å²) in [5.74, 6) is 0.699. The van der Waals surface area contributed by atoms with Crippen molar-refractivity contribution in [1.82, 2.24) is 25.0 Å². The van der Waals surface area contributed by atoms with E-state index < -0.39 is 0 Å². The van der Waals surface area contributed by atoms with Gasteiger partial charge in [0.15, 0.2) is 5.82 Å². The van der Waals surface area contributed by atoms with Crippen molar-refractivity contribution in [1.29, 1.82) is 0 Å². The molecule has 2 amide bonds. The Morgan fingerprint density at radius 2 is 1.96 bits per heavy atom. The summed E-state index contributed by atoms with van der Waals surface area (Å²) < 4.78 is 3.23. The van der Waals surface area contributed by atoms with E-state index in [-0.39, 0.29) is 17.8 Å². The highest BCUT2D eigenvalue weighted by Crippen LogP contribution is 2.36. The monoisotopic (exact) mass is 383 g/mol. The predicted molar refractivity (Wildman–Crippen MR) is 105 cm³/mol. The Morgan fingerprint density at radius 3 is 2.67 bits per heavy atom. The van der Waals surface area contributed by atoms with Crippen LogP contribution in [0.2, 0.25) is 0 Å². The molecule has 0 saturated heterocycles. The van der Waals surface area contributed by atoms with Crippen molar-refractivity contribution in [3.8, 4) is 11.4 Å². The van der Waals surface area contributed by atoms with Crippen LogP contribution in [0.15, 0.2) is 52.6 Å². The lowest BCUT2D eigenvalue weighted by atomic mass is 10.2. The van der Waals surface area contributed by atoms with E-state index in [1.165, 1.54) is 4.68 Å². The Hall–Kier alpha value is -2.87. The van der Waals surface area contributed by atoms with E-state index in [1.54, 1.807) is 15.9 Å². The number of nitrogens with zero attached hydrogens (tertiary/aromatic N) is 3. The molecule has 1 aliphatic rings. The molecule has 1 saturated carbocycles. The molecule has 2 heterocycles. The minimum atomic E-state index is -0.249. The summed E-state index contributed by atoms with van der Waals surface area (Å²) in [5.41, 5.74) is 0.819. The molecule has 0 radical (unpaired) electrons. The van der Waals surface area contributed by atoms with Crippen LogP contribution in [0.1, 0.15) is 23.8 Å². The summed E-state index contributed by atoms with van der Waals surface area (Å²) in [6.07, 6.45) is 2.02. The lowest BCUT2D eigenvalue weighted by molar-refractivity contribution is 0.240. The zero-order valence-electron chi connectivity index (χ0n) is 14.8. The number of carbonyl (C=O) groups is 1. The molecule has 0 unspecified atom stereocenters. The van der Waals surface area contributed by atoms with Crippen LogP contribution in [0.25, 0.3) is 11.4 Å². The minimum Gasteiger partial charge on any atom is -0.336 e. The predicted octanol–water partition coefficient (Wildman–Crippen LogP) is 2.61. The molecule has 27 heavy (non-hydrogen) atoms. The van der Waals surface area contributed by atoms with Crippen molar-refractivity contribution in [2.45, 2.75) is 32.0 Å². The van der Waals surface area contributed by atoms with Crippen LogP contribution < -0.4 is 16.3 Å². The molecular weight excluding hydrogens is 362 g/mol. The number of nitrogens with one attached hydrogen (secondary N) is 2. The second-order valence-electron chi connectivity index (χ2n) is 6.49. The van der Waals surface area contributed by atoms with E-state index in [4.69, 9.17) is 0 Å². The van der Waals surface area contributed by atoms with Crippen LogP contribution in [0.4, 0.5) is 4.79 Å². The average Bonchev–Trinajstić information content (AvgIpc) is 3.27. The third-order valence-corrected chi connectivity index (χ3v) is 5.30. The summed E-state index contributed by atoms with van der Waals surface area (Å²) in [4.78, 5) is 25.7. The van der Waals surface area contributed by atoms with E-state index in [1.807, 2.05) is 47.8 Å². The second-order valence-corrected chi connectivity index (χ2v) is 7.52. The lowest BCUT2D eigenvalue weighted by Gasteiger charge is -2.06. The van der Waals surface area contributed by atoms with Crippen LogP contribution in [0.3, 0.4) is 0 Å². The minimum absolute atomic E-state index is 0.114. The first kappa shape index (κ1) is 17.5. The Kier molecular flexibility index (Phi) is 5.06. The number of hydrogen-bond acceptors (Lipinski definition) is 4. The first-order valence-corrected chi connectivity index (χ1v) is 9.89. The molecule has 7 nitrogen and oxygen atoms in total. The molecule has 4 rings (SSSR count). The maximum atomic E-state index is 12.7. The number of hydrogen-bond donors (Lipinski definition) is 2. The van der Waals surface area contributed by atoms with Gasteiger partial charge in [0.05, 0.1) is 13.1 Å². The molecule has 0 spiro atoms. The van der Waals surface area contributed by atoms with Crippen LogP contribution in [0, 0.1) is 0 Å². The van der Waals surface area contributed by atoms with Gasteiger partial charge in [0.25, 0.3) is 0 Å². The van der Waals surface area contributed by atoms with Gasteiger partial charge in [-0.15, -0.1) is 16.4 Å². The van der Waals surface area contributed by atoms with Crippen molar-refractivity contribution < 1.29 is 4.79 Å². The average molecular weight is 383 g/mol. The SMILES string of the molecule is O=C(NCCn1nc(-c2ccccc2)n(C2CC2)c1=O)NCc1cccs1. The summed E-state index contributed by atoms with van der Waals surface area (Å²) in [6.45, 7) is 1.18. The molecule has 2 N–H and O–H groups in total. The largest absolute Gasteiger partial charge is 0.346 e. The van der Waals surface area contributed by atoms with E-state index in [2.05, 4.69) is 15.7 Å². The first-order valence-electron chi connectivity index (χ1n) is 9.01. The van der Waals surface area contributed by atoms with Gasteiger partial charge in [0, 0.05) is 23.0 Å². The molecule has 0 atom stereocenters. The smallest absolute Gasteiger partial charge is 0.336 e. The third-order valence-electron chi connectivity index (χ3n) is 4.43. The fourth-order valence-corrected chi connectivity index (χ4v) is 3.57. The lowest BCUT2D eigenvalue weighted by Crippen LogP contribution is -2.38. The Bertz CT molecular complexity index is 958. The number of amides is 2. The van der Waals surface area contributed by atoms with E-state index in [9.17, 15) is 9.59 Å². The molecule has 1 aromatic carbocycles. The molecule has 1 aliphatic carbocycles. The molecule has 0 aliphatic heterocycles. The molecule has 8 heteroatoms. The fraction of sp³-hybridized carbons (Fsp3) is 0.316. The first-order chi connectivity index (χ1) is 13.2. The van der Waals surface area contributed by atoms with Crippen molar-refractivity contribution in [2.75, 3.05) is 6.54 Å². The van der Waals surface area contributed by atoms with Crippen LogP contribution in [0.5, 0.6) is 0 Å². The van der Waals surface area contributed by atoms with Gasteiger partial charge in [-0.3, -0.25) is 4.57 Å². The quantitative estimate of drug-likeness (QED) is 0.658. The van der Waals surface area contributed by atoms with E-state index in [0.29, 0.717) is 25.5 Å². The standard InChI is InChI=1S/C19H21N5O2S/c25-18(21-13-16-7-4-12-27-16)20-10-11-23-19(26)24(15-8-9-15)17(22-23)14-5-2-1-3-6-14/h1-7,12,15H,8-11,13H2,(H2,20,21,25). The Balaban J connectivity index is 1.39. The zero-order chi connectivity index (χ0) is 18.6. The van der Waals surface area contributed by atoms with Crippen molar-refractivity contribution in [2.24, 2.45) is 0 Å². The number of aromatic nitrogens is 3. The molecule has 0 bridgehead atoms. The number of rotatable bonds is 7. The zero-order valence-corrected chi connectivity index (χ0v) is 15.6. The molecular formula is C19H21N5O2S. The summed E-state index contributed by atoms with van der Waals surface area (Å²) in [7, 11) is 0. The molecule has 3 aromatic rings. The maximum absolute atomic E-state index is 12.7. The number of benzene rings is 1. The summed E-state index contributed by atoms with van der Waals surface area (Å²) in [6, 6.07) is 13.7. The van der Waals surface area contributed by atoms with Gasteiger partial charge in [-0.1, -0.05) is 36.4 Å². The highest BCUT2D eigenvalue weighted by atomic mass is 32.1. The summed E-state index contributed by atoms with van der Waals surface area (Å²) in [5, 5.41) is 12.1. The molecule has 2 aromatic heterocycles. The maximum Gasteiger partial charge on any atom is 0.346 e. The van der Waals surface area contributed by atoms with Gasteiger partial charge in [-0.05, 0) is 24.3 Å². The number of carbonyl (C=O) groups excluding carboxylic acids is 1. The Morgan fingerprint density at radius 1 is 1.15 bits per heavy atom. The Labute approximate surface area is 160 Å². The van der Waals surface area contributed by atoms with E-state index >= 15 is 0 Å². The van der Waals surface area contributed by atoms with Gasteiger partial charge >= 0.3 is 11.7 Å². The fourth-order valence-electron chi connectivity index (χ4n) is 2.93. The van der Waals surface area contributed by atoms with Crippen molar-refractivity contribution >= 4 is 17.4 Å². The van der Waals surface area contributed by atoms with Gasteiger partial charge in [0.1, 0.15) is 0 Å². The topological polar surface area (TPSA) is 81.0 Å². The summed E-state index contributed by atoms with van der Waals surface area (Å²) >= 11 is 1.60. The second kappa shape index (κ2) is 7.79. The van der Waals surface area contributed by atoms with E-state index in [0.717, 1.165) is 23.3 Å². The highest BCUT2D eigenvalue weighted by Gasteiger charge is 2.30. The van der Waals surface area contributed by atoms with Gasteiger partial charge < -0.3 is 10.6 Å². The van der Waals surface area contributed by atoms with Gasteiger partial charge in [-0.2, -0.15) is 0 Å². The van der Waals surface area contributed by atoms with Crippen LogP contribution >= 0.6 is 11.3 Å².